The second-order valence-electron chi connectivity index (χ2n) is 4.19. The van der Waals surface area contributed by atoms with Crippen LogP contribution in [0.3, 0.4) is 0 Å². The maximum atomic E-state index is 12.5. The molecule has 0 saturated heterocycles. The summed E-state index contributed by atoms with van der Waals surface area (Å²) in [6.45, 7) is 0. The fourth-order valence-electron chi connectivity index (χ4n) is 2.04. The number of halogens is 2. The minimum atomic E-state index is -0.0891. The SMILES string of the molecule is COc1csc(C(=O)c2c[nH]c3cc(Cl)cc(Cl)c23)c1. The second kappa shape index (κ2) is 5.13. The zero-order valence-corrected chi connectivity index (χ0v) is 12.7. The molecule has 2 aromatic heterocycles. The standard InChI is InChI=1S/C14H9Cl2NO2S/c1-19-8-4-12(20-6-8)14(18)9-5-17-11-3-7(15)2-10(16)13(9)11/h2-6,17H,1H3. The highest BCUT2D eigenvalue weighted by molar-refractivity contribution is 7.12. The lowest BCUT2D eigenvalue weighted by atomic mass is 10.1. The Bertz CT molecular complexity index is 807. The summed E-state index contributed by atoms with van der Waals surface area (Å²) in [5.74, 6) is 0.584. The van der Waals surface area contributed by atoms with E-state index in [1.807, 2.05) is 0 Å². The van der Waals surface area contributed by atoms with E-state index >= 15 is 0 Å². The minimum absolute atomic E-state index is 0.0891. The van der Waals surface area contributed by atoms with Crippen LogP contribution in [0.5, 0.6) is 5.75 Å². The van der Waals surface area contributed by atoms with Gasteiger partial charge < -0.3 is 9.72 Å². The van der Waals surface area contributed by atoms with Gasteiger partial charge >= 0.3 is 0 Å². The van der Waals surface area contributed by atoms with E-state index in [0.29, 0.717) is 31.6 Å². The van der Waals surface area contributed by atoms with Crippen molar-refractivity contribution in [3.8, 4) is 5.75 Å². The van der Waals surface area contributed by atoms with Crippen molar-refractivity contribution in [2.75, 3.05) is 7.11 Å². The number of aromatic nitrogens is 1. The summed E-state index contributed by atoms with van der Waals surface area (Å²) in [6.07, 6.45) is 1.65. The van der Waals surface area contributed by atoms with Crippen LogP contribution >= 0.6 is 34.5 Å². The first-order valence-corrected chi connectivity index (χ1v) is 7.37. The molecule has 0 fully saturated rings. The number of methoxy groups -OCH3 is 1. The highest BCUT2D eigenvalue weighted by Gasteiger charge is 2.18. The Morgan fingerprint density at radius 1 is 1.30 bits per heavy atom. The molecule has 6 heteroatoms. The third-order valence-corrected chi connectivity index (χ3v) is 4.40. The molecule has 0 radical (unpaired) electrons. The summed E-state index contributed by atoms with van der Waals surface area (Å²) in [5.41, 5.74) is 1.28. The Kier molecular flexibility index (Phi) is 3.46. The average molecular weight is 326 g/mol. The molecule has 2 heterocycles. The van der Waals surface area contributed by atoms with Crippen LogP contribution in [0, 0.1) is 0 Å². The Morgan fingerprint density at radius 2 is 2.10 bits per heavy atom. The van der Waals surface area contributed by atoms with Crippen LogP contribution in [0.25, 0.3) is 10.9 Å². The summed E-state index contributed by atoms with van der Waals surface area (Å²) >= 11 is 13.5. The number of thiophene rings is 1. The first-order chi connectivity index (χ1) is 9.60. The number of fused-ring (bicyclic) bond motifs is 1. The number of aromatic amines is 1. The van der Waals surface area contributed by atoms with Gasteiger partial charge in [-0.1, -0.05) is 23.2 Å². The Balaban J connectivity index is 2.12. The Morgan fingerprint density at radius 3 is 2.80 bits per heavy atom. The summed E-state index contributed by atoms with van der Waals surface area (Å²) in [7, 11) is 1.57. The van der Waals surface area contributed by atoms with Crippen LogP contribution in [0.15, 0.2) is 29.8 Å². The third-order valence-electron chi connectivity index (χ3n) is 2.98. The maximum absolute atomic E-state index is 12.5. The molecular weight excluding hydrogens is 317 g/mol. The monoisotopic (exact) mass is 325 g/mol. The highest BCUT2D eigenvalue weighted by Crippen LogP contribution is 2.33. The number of rotatable bonds is 3. The van der Waals surface area contributed by atoms with E-state index in [2.05, 4.69) is 4.98 Å². The van der Waals surface area contributed by atoms with Crippen molar-refractivity contribution >= 4 is 51.2 Å². The highest BCUT2D eigenvalue weighted by atomic mass is 35.5. The summed E-state index contributed by atoms with van der Waals surface area (Å²) in [4.78, 5) is 16.2. The minimum Gasteiger partial charge on any atom is -0.496 e. The van der Waals surface area contributed by atoms with Crippen molar-refractivity contribution in [1.82, 2.24) is 4.98 Å². The largest absolute Gasteiger partial charge is 0.496 e. The van der Waals surface area contributed by atoms with Crippen LogP contribution < -0.4 is 4.74 Å². The van der Waals surface area contributed by atoms with E-state index < -0.39 is 0 Å². The number of benzene rings is 1. The molecule has 1 aromatic carbocycles. The molecule has 0 atom stereocenters. The molecule has 20 heavy (non-hydrogen) atoms. The van der Waals surface area contributed by atoms with Crippen molar-refractivity contribution in [3.63, 3.8) is 0 Å². The van der Waals surface area contributed by atoms with Gasteiger partial charge in [-0.2, -0.15) is 0 Å². The van der Waals surface area contributed by atoms with Gasteiger partial charge in [-0.25, -0.2) is 0 Å². The zero-order valence-electron chi connectivity index (χ0n) is 10.4. The number of carbonyl (C=O) groups excluding carboxylic acids is 1. The molecule has 0 aliphatic heterocycles. The lowest BCUT2D eigenvalue weighted by Crippen LogP contribution is -1.97. The molecule has 0 spiro atoms. The number of ether oxygens (including phenoxy) is 1. The molecule has 0 bridgehead atoms. The number of ketones is 1. The van der Waals surface area contributed by atoms with Crippen LogP contribution in [-0.4, -0.2) is 17.9 Å². The fourth-order valence-corrected chi connectivity index (χ4v) is 3.44. The van der Waals surface area contributed by atoms with E-state index in [-0.39, 0.29) is 5.78 Å². The van der Waals surface area contributed by atoms with Crippen molar-refractivity contribution in [3.05, 3.63) is 50.3 Å². The van der Waals surface area contributed by atoms with Crippen molar-refractivity contribution in [2.24, 2.45) is 0 Å². The van der Waals surface area contributed by atoms with Gasteiger partial charge in [0.05, 0.1) is 22.6 Å². The van der Waals surface area contributed by atoms with E-state index in [4.69, 9.17) is 27.9 Å². The normalized spacial score (nSPS) is 10.9. The lowest BCUT2D eigenvalue weighted by molar-refractivity contribution is 0.104. The first kappa shape index (κ1) is 13.5. The summed E-state index contributed by atoms with van der Waals surface area (Å²) in [6, 6.07) is 5.09. The average Bonchev–Trinajstić information content (AvgIpc) is 3.03. The molecule has 0 amide bonds. The van der Waals surface area contributed by atoms with Crippen LogP contribution in [-0.2, 0) is 0 Å². The summed E-state index contributed by atoms with van der Waals surface area (Å²) in [5, 5.41) is 3.47. The van der Waals surface area contributed by atoms with Gasteiger partial charge in [-0.15, -0.1) is 11.3 Å². The zero-order chi connectivity index (χ0) is 14.3. The van der Waals surface area contributed by atoms with E-state index in [1.165, 1.54) is 11.3 Å². The number of hydrogen-bond donors (Lipinski definition) is 1. The van der Waals surface area contributed by atoms with Gasteiger partial charge in [0.2, 0.25) is 5.78 Å². The molecule has 0 unspecified atom stereocenters. The maximum Gasteiger partial charge on any atom is 0.205 e. The summed E-state index contributed by atoms with van der Waals surface area (Å²) < 4.78 is 5.10. The third kappa shape index (κ3) is 2.20. The molecule has 3 nitrogen and oxygen atoms in total. The topological polar surface area (TPSA) is 42.1 Å². The van der Waals surface area contributed by atoms with Crippen molar-refractivity contribution in [2.45, 2.75) is 0 Å². The predicted molar refractivity (Wildman–Crippen MR) is 82.6 cm³/mol. The first-order valence-electron chi connectivity index (χ1n) is 5.73. The number of H-pyrrole nitrogens is 1. The van der Waals surface area contributed by atoms with E-state index in [1.54, 1.807) is 36.9 Å². The molecule has 0 aliphatic rings. The van der Waals surface area contributed by atoms with Crippen LogP contribution in [0.2, 0.25) is 10.0 Å². The number of hydrogen-bond acceptors (Lipinski definition) is 3. The van der Waals surface area contributed by atoms with Crippen molar-refractivity contribution < 1.29 is 9.53 Å². The lowest BCUT2D eigenvalue weighted by Gasteiger charge is -2.00. The van der Waals surface area contributed by atoms with Crippen molar-refractivity contribution in [1.29, 1.82) is 0 Å². The predicted octanol–water partition coefficient (Wildman–Crippen LogP) is 4.78. The van der Waals surface area contributed by atoms with Gasteiger partial charge in [0.25, 0.3) is 0 Å². The molecule has 3 aromatic rings. The molecule has 1 N–H and O–H groups in total. The quantitative estimate of drug-likeness (QED) is 0.704. The molecule has 0 saturated carbocycles. The number of nitrogens with one attached hydrogen (secondary N) is 1. The van der Waals surface area contributed by atoms with E-state index in [9.17, 15) is 4.79 Å². The molecular formula is C14H9Cl2NO2S. The molecule has 0 aliphatic carbocycles. The Hall–Kier alpha value is -1.49. The smallest absolute Gasteiger partial charge is 0.205 e. The van der Waals surface area contributed by atoms with Gasteiger partial charge in [0.15, 0.2) is 0 Å². The van der Waals surface area contributed by atoms with E-state index in [0.717, 1.165) is 5.52 Å². The van der Waals surface area contributed by atoms with Gasteiger partial charge in [0.1, 0.15) is 5.75 Å². The fraction of sp³-hybridized carbons (Fsp3) is 0.0714. The number of carbonyl (C=O) groups is 1. The van der Waals surface area contributed by atoms with Gasteiger partial charge in [-0.05, 0) is 12.1 Å². The second-order valence-corrected chi connectivity index (χ2v) is 5.95. The Labute approximate surface area is 129 Å². The van der Waals surface area contributed by atoms with Crippen LogP contribution in [0.1, 0.15) is 15.2 Å². The van der Waals surface area contributed by atoms with Crippen LogP contribution in [0.4, 0.5) is 0 Å². The van der Waals surface area contributed by atoms with Gasteiger partial charge in [-0.3, -0.25) is 4.79 Å². The molecule has 102 valence electrons. The molecule has 3 rings (SSSR count). The van der Waals surface area contributed by atoms with Gasteiger partial charge in [0, 0.05) is 33.6 Å².